The number of hydrogen-bond acceptors (Lipinski definition) is 2. The lowest BCUT2D eigenvalue weighted by Gasteiger charge is -3.03. The first-order chi connectivity index (χ1) is 10.8. The molecule has 8 rings (SSSR count). The van der Waals surface area contributed by atoms with Crippen LogP contribution < -0.4 is 9.47 Å². The third-order valence-electron chi connectivity index (χ3n) is 8.94. The fraction of sp³-hybridized carbons (Fsp3) is 0.600. The van der Waals surface area contributed by atoms with Gasteiger partial charge in [0.15, 0.2) is 0 Å². The predicted molar refractivity (Wildman–Crippen MR) is 82.2 cm³/mol. The Labute approximate surface area is 130 Å². The van der Waals surface area contributed by atoms with Gasteiger partial charge in [-0.05, 0) is 71.3 Å². The topological polar surface area (TPSA) is 18.5 Å². The molecule has 7 aliphatic carbocycles. The molecule has 0 N–H and O–H groups in total. The van der Waals surface area contributed by atoms with Gasteiger partial charge in [-0.25, -0.2) is 0 Å². The van der Waals surface area contributed by atoms with Crippen LogP contribution in [0.4, 0.5) is 0 Å². The summed E-state index contributed by atoms with van der Waals surface area (Å²) < 4.78 is 11.6. The maximum Gasteiger partial charge on any atom is 0.122 e. The Kier molecular flexibility index (Phi) is 1.45. The molecule has 2 bridgehead atoms. The van der Waals surface area contributed by atoms with Gasteiger partial charge < -0.3 is 9.47 Å². The molecule has 1 aromatic rings. The third kappa shape index (κ3) is 0.654. The Morgan fingerprint density at radius 3 is 1.68 bits per heavy atom. The summed E-state index contributed by atoms with van der Waals surface area (Å²) in [6, 6.07) is 4.28. The lowest BCUT2D eigenvalue weighted by Crippen LogP contribution is -2.98. The second-order valence-corrected chi connectivity index (χ2v) is 8.42. The van der Waals surface area contributed by atoms with Gasteiger partial charge in [-0.3, -0.25) is 0 Å². The van der Waals surface area contributed by atoms with Crippen LogP contribution in [0.2, 0.25) is 0 Å². The third-order valence-corrected chi connectivity index (χ3v) is 8.94. The Morgan fingerprint density at radius 2 is 1.27 bits per heavy atom. The second kappa shape index (κ2) is 2.86. The van der Waals surface area contributed by atoms with Crippen molar-refractivity contribution in [3.8, 4) is 11.5 Å². The van der Waals surface area contributed by atoms with Crippen molar-refractivity contribution in [1.29, 1.82) is 0 Å². The molecule has 0 heterocycles. The SMILES string of the molecule is COc1ccc(OC)c2c1[C@@H]1[C@H]3[C@H]4[C@@H]5[C@H]3[C@]13CC=CC[C@@]53[C@@H]24. The molecule has 112 valence electrons. The highest BCUT2D eigenvalue weighted by Gasteiger charge is 3.01. The van der Waals surface area contributed by atoms with Gasteiger partial charge >= 0.3 is 0 Å². The first-order valence-electron chi connectivity index (χ1n) is 8.72. The average Bonchev–Trinajstić information content (AvgIpc) is 2.54. The highest BCUT2D eigenvalue weighted by atomic mass is 16.5. The van der Waals surface area contributed by atoms with E-state index in [1.165, 1.54) is 24.0 Å². The summed E-state index contributed by atoms with van der Waals surface area (Å²) in [6.07, 6.45) is 7.59. The van der Waals surface area contributed by atoms with E-state index in [1.54, 1.807) is 0 Å². The minimum Gasteiger partial charge on any atom is -0.496 e. The number of methoxy groups -OCH3 is 2. The van der Waals surface area contributed by atoms with E-state index in [2.05, 4.69) is 24.3 Å². The quantitative estimate of drug-likeness (QED) is 0.773. The van der Waals surface area contributed by atoms with Gasteiger partial charge in [0.1, 0.15) is 11.5 Å². The molecule has 0 aromatic heterocycles. The van der Waals surface area contributed by atoms with Crippen LogP contribution in [-0.2, 0) is 0 Å². The van der Waals surface area contributed by atoms with Crippen LogP contribution >= 0.6 is 0 Å². The zero-order valence-corrected chi connectivity index (χ0v) is 13.0. The van der Waals surface area contributed by atoms with Crippen LogP contribution in [0, 0.1) is 34.5 Å². The van der Waals surface area contributed by atoms with Gasteiger partial charge in [-0.15, -0.1) is 0 Å². The van der Waals surface area contributed by atoms with Gasteiger partial charge in [0, 0.05) is 11.1 Å². The van der Waals surface area contributed by atoms with Crippen LogP contribution in [0.15, 0.2) is 24.3 Å². The Hall–Kier alpha value is -1.44. The molecule has 7 aliphatic rings. The van der Waals surface area contributed by atoms with E-state index in [-0.39, 0.29) is 0 Å². The van der Waals surface area contributed by atoms with Crippen LogP contribution in [-0.4, -0.2) is 14.2 Å². The molecule has 1 aromatic carbocycles. The molecule has 2 heteroatoms. The maximum absolute atomic E-state index is 5.79. The zero-order valence-electron chi connectivity index (χ0n) is 13.0. The summed E-state index contributed by atoms with van der Waals surface area (Å²) in [6.45, 7) is 0. The molecule has 4 saturated carbocycles. The normalized spacial score (nSPS) is 55.5. The summed E-state index contributed by atoms with van der Waals surface area (Å²) in [5.41, 5.74) is 4.27. The highest BCUT2D eigenvalue weighted by Crippen LogP contribution is 3.06. The van der Waals surface area contributed by atoms with E-state index in [9.17, 15) is 0 Å². The summed E-state index contributed by atoms with van der Waals surface area (Å²) in [5, 5.41) is 0. The summed E-state index contributed by atoms with van der Waals surface area (Å²) in [7, 11) is 3.66. The van der Waals surface area contributed by atoms with Gasteiger partial charge in [-0.2, -0.15) is 0 Å². The molecule has 0 unspecified atom stereocenters. The van der Waals surface area contributed by atoms with Crippen molar-refractivity contribution < 1.29 is 9.47 Å². The van der Waals surface area contributed by atoms with Gasteiger partial charge in [0.2, 0.25) is 0 Å². The highest BCUT2D eigenvalue weighted by molar-refractivity contribution is 5.69. The standard InChI is InChI=1S/C20H20O2/c1-21-9-5-6-10(22-2)12-11(9)15-13-14-16(12)20-8-4-3-7-19(15,20)17(13)18(14)20/h3-6,13-18H,7-8H2,1-2H3/t13-,14-,15-,16+,17+,18-,19+,20-/m1/s1. The molecule has 2 spiro atoms. The molecule has 2 nitrogen and oxygen atoms in total. The number of allylic oxidation sites excluding steroid dienone is 2. The van der Waals surface area contributed by atoms with Gasteiger partial charge in [0.25, 0.3) is 0 Å². The number of hydrogen-bond donors (Lipinski definition) is 0. The Bertz CT molecular complexity index is 730. The predicted octanol–water partition coefficient (Wildman–Crippen LogP) is 3.73. The fourth-order valence-corrected chi connectivity index (χ4v) is 8.92. The number of ether oxygens (including phenoxy) is 2. The average molecular weight is 292 g/mol. The summed E-state index contributed by atoms with van der Waals surface area (Å²) >= 11 is 0. The van der Waals surface area contributed by atoms with E-state index in [1.807, 2.05) is 14.2 Å². The number of benzene rings is 1. The molecule has 0 aliphatic heterocycles. The van der Waals surface area contributed by atoms with Crippen molar-refractivity contribution >= 4 is 0 Å². The minimum absolute atomic E-state index is 0.600. The molecular weight excluding hydrogens is 272 g/mol. The molecule has 22 heavy (non-hydrogen) atoms. The van der Waals surface area contributed by atoms with E-state index in [4.69, 9.17) is 9.47 Å². The van der Waals surface area contributed by atoms with Crippen molar-refractivity contribution in [2.75, 3.05) is 14.2 Å². The number of rotatable bonds is 2. The van der Waals surface area contributed by atoms with Crippen molar-refractivity contribution in [2.24, 2.45) is 34.5 Å². The van der Waals surface area contributed by atoms with E-state index in [0.717, 1.165) is 47.0 Å². The van der Waals surface area contributed by atoms with Crippen LogP contribution in [0.3, 0.4) is 0 Å². The minimum atomic E-state index is 0.600. The van der Waals surface area contributed by atoms with Gasteiger partial charge in [-0.1, -0.05) is 12.2 Å². The van der Waals surface area contributed by atoms with Crippen molar-refractivity contribution in [1.82, 2.24) is 0 Å². The van der Waals surface area contributed by atoms with Crippen molar-refractivity contribution in [2.45, 2.75) is 24.7 Å². The van der Waals surface area contributed by atoms with E-state index < -0.39 is 0 Å². The first kappa shape index (κ1) is 11.2. The molecule has 0 radical (unpaired) electrons. The van der Waals surface area contributed by atoms with Crippen molar-refractivity contribution in [3.63, 3.8) is 0 Å². The van der Waals surface area contributed by atoms with Crippen LogP contribution in [0.25, 0.3) is 0 Å². The van der Waals surface area contributed by atoms with Gasteiger partial charge in [0.05, 0.1) is 14.2 Å². The van der Waals surface area contributed by atoms with Crippen LogP contribution in [0.1, 0.15) is 35.8 Å². The molecule has 0 amide bonds. The molecule has 0 saturated heterocycles. The van der Waals surface area contributed by atoms with Crippen molar-refractivity contribution in [3.05, 3.63) is 35.4 Å². The molecular formula is C20H20O2. The monoisotopic (exact) mass is 292 g/mol. The Morgan fingerprint density at radius 1 is 0.818 bits per heavy atom. The summed E-state index contributed by atoms with van der Waals surface area (Å²) in [5.74, 6) is 7.78. The largest absolute Gasteiger partial charge is 0.496 e. The van der Waals surface area contributed by atoms with E-state index >= 15 is 0 Å². The zero-order chi connectivity index (χ0) is 14.4. The van der Waals surface area contributed by atoms with E-state index in [0.29, 0.717) is 10.8 Å². The second-order valence-electron chi connectivity index (χ2n) is 8.42. The molecule has 4 fully saturated rings. The van der Waals surface area contributed by atoms with Crippen LogP contribution in [0.5, 0.6) is 11.5 Å². The first-order valence-corrected chi connectivity index (χ1v) is 8.72. The molecule has 8 atom stereocenters. The fourth-order valence-electron chi connectivity index (χ4n) is 8.92. The lowest BCUT2D eigenvalue weighted by atomic mass is 9.00. The maximum atomic E-state index is 5.79. The smallest absolute Gasteiger partial charge is 0.122 e. The summed E-state index contributed by atoms with van der Waals surface area (Å²) in [4.78, 5) is 0. The lowest BCUT2D eigenvalue weighted by molar-refractivity contribution is -0.516. The Balaban J connectivity index is 1.58.